The van der Waals surface area contributed by atoms with E-state index in [1.807, 2.05) is 42.6 Å². The molecule has 0 atom stereocenters. The van der Waals surface area contributed by atoms with Crippen LogP contribution in [0, 0.1) is 18.3 Å². The molecule has 1 heterocycles. The lowest BCUT2D eigenvalue weighted by Gasteiger charge is -2.10. The monoisotopic (exact) mass is 374 g/mol. The van der Waals surface area contributed by atoms with Crippen LogP contribution in [0.4, 0.5) is 10.8 Å². The summed E-state index contributed by atoms with van der Waals surface area (Å²) < 4.78 is 0. The molecule has 0 radical (unpaired) electrons. The van der Waals surface area contributed by atoms with Crippen molar-refractivity contribution in [3.63, 3.8) is 0 Å². The van der Waals surface area contributed by atoms with Gasteiger partial charge in [0.1, 0.15) is 0 Å². The Balaban J connectivity index is 1.52. The van der Waals surface area contributed by atoms with E-state index >= 15 is 0 Å². The summed E-state index contributed by atoms with van der Waals surface area (Å²) in [4.78, 5) is 16.9. The van der Waals surface area contributed by atoms with Crippen molar-refractivity contribution < 1.29 is 4.79 Å². The van der Waals surface area contributed by atoms with E-state index in [2.05, 4.69) is 21.7 Å². The van der Waals surface area contributed by atoms with Gasteiger partial charge in [-0.05, 0) is 49.6 Å². The number of anilines is 2. The first-order valence-electron chi connectivity index (χ1n) is 8.77. The van der Waals surface area contributed by atoms with Crippen molar-refractivity contribution in [2.24, 2.45) is 0 Å². The van der Waals surface area contributed by atoms with Gasteiger partial charge in [-0.15, -0.1) is 11.3 Å². The average molecular weight is 374 g/mol. The number of nitriles is 1. The van der Waals surface area contributed by atoms with Crippen molar-refractivity contribution in [1.82, 2.24) is 10.3 Å². The quantitative estimate of drug-likeness (QED) is 0.683. The Bertz CT molecular complexity index is 1030. The zero-order valence-corrected chi connectivity index (χ0v) is 15.6. The van der Waals surface area contributed by atoms with Crippen LogP contribution in [0.2, 0.25) is 0 Å². The first kappa shape index (κ1) is 17.3. The third-order valence-corrected chi connectivity index (χ3v) is 5.23. The summed E-state index contributed by atoms with van der Waals surface area (Å²) in [5, 5.41) is 18.0. The highest BCUT2D eigenvalue weighted by Gasteiger charge is 2.24. The van der Waals surface area contributed by atoms with E-state index in [9.17, 15) is 4.79 Å². The van der Waals surface area contributed by atoms with Gasteiger partial charge in [-0.2, -0.15) is 5.26 Å². The van der Waals surface area contributed by atoms with E-state index in [1.165, 1.54) is 11.3 Å². The van der Waals surface area contributed by atoms with E-state index in [0.29, 0.717) is 17.2 Å². The number of nitrogens with zero attached hydrogens (tertiary/aromatic N) is 2. The summed E-state index contributed by atoms with van der Waals surface area (Å²) in [6.45, 7) is 2.00. The Hall–Kier alpha value is -3.17. The van der Waals surface area contributed by atoms with Gasteiger partial charge in [-0.1, -0.05) is 18.2 Å². The number of hydrogen-bond acceptors (Lipinski definition) is 5. The zero-order chi connectivity index (χ0) is 18.8. The van der Waals surface area contributed by atoms with Crippen molar-refractivity contribution in [2.75, 3.05) is 5.32 Å². The topological polar surface area (TPSA) is 77.8 Å². The first-order chi connectivity index (χ1) is 13.1. The number of thiazole rings is 1. The number of nitrogens with one attached hydrogen (secondary N) is 2. The number of aromatic nitrogens is 1. The van der Waals surface area contributed by atoms with E-state index in [1.54, 1.807) is 12.1 Å². The van der Waals surface area contributed by atoms with Crippen LogP contribution in [-0.2, 0) is 0 Å². The van der Waals surface area contributed by atoms with Crippen LogP contribution >= 0.6 is 11.3 Å². The van der Waals surface area contributed by atoms with Crippen LogP contribution < -0.4 is 10.6 Å². The van der Waals surface area contributed by atoms with E-state index in [0.717, 1.165) is 40.5 Å². The molecule has 2 aromatic carbocycles. The lowest BCUT2D eigenvalue weighted by atomic mass is 10.1. The van der Waals surface area contributed by atoms with Crippen molar-refractivity contribution in [3.05, 3.63) is 64.5 Å². The molecule has 6 heteroatoms. The highest BCUT2D eigenvalue weighted by Crippen LogP contribution is 2.29. The highest BCUT2D eigenvalue weighted by atomic mass is 32.1. The molecular formula is C21H18N4OS. The Morgan fingerprint density at radius 2 is 2.00 bits per heavy atom. The molecule has 5 nitrogen and oxygen atoms in total. The van der Waals surface area contributed by atoms with Crippen LogP contribution in [-0.4, -0.2) is 16.9 Å². The first-order valence-corrected chi connectivity index (χ1v) is 9.65. The van der Waals surface area contributed by atoms with Crippen molar-refractivity contribution in [1.29, 1.82) is 5.26 Å². The molecule has 0 saturated heterocycles. The minimum absolute atomic E-state index is 0.0297. The molecule has 1 aliphatic carbocycles. The molecule has 27 heavy (non-hydrogen) atoms. The van der Waals surface area contributed by atoms with Crippen molar-refractivity contribution >= 4 is 28.1 Å². The third-order valence-electron chi connectivity index (χ3n) is 4.47. The minimum Gasteiger partial charge on any atom is -0.349 e. The van der Waals surface area contributed by atoms with Gasteiger partial charge in [-0.3, -0.25) is 4.79 Å². The standard InChI is InChI=1S/C21H18N4OS/c1-13-2-5-16(20(26)23-17-8-9-17)10-18(13)24-21-25-19(12-27-21)15-6-3-14(11-22)4-7-15/h2-7,10,12,17H,8-9H2,1H3,(H,23,26)(H,24,25). The van der Waals surface area contributed by atoms with Gasteiger partial charge in [0, 0.05) is 28.2 Å². The summed E-state index contributed by atoms with van der Waals surface area (Å²) in [5.74, 6) is -0.0297. The molecule has 1 aliphatic rings. The zero-order valence-electron chi connectivity index (χ0n) is 14.8. The van der Waals surface area contributed by atoms with Gasteiger partial charge in [0.25, 0.3) is 5.91 Å². The van der Waals surface area contributed by atoms with Crippen LogP contribution in [0.15, 0.2) is 47.8 Å². The number of amides is 1. The second-order valence-corrected chi connectivity index (χ2v) is 7.49. The molecule has 134 valence electrons. The van der Waals surface area contributed by atoms with Crippen LogP contribution in [0.3, 0.4) is 0 Å². The molecule has 0 unspecified atom stereocenters. The molecule has 0 aliphatic heterocycles. The van der Waals surface area contributed by atoms with Gasteiger partial charge in [0.2, 0.25) is 0 Å². The summed E-state index contributed by atoms with van der Waals surface area (Å²) in [6, 6.07) is 15.5. The summed E-state index contributed by atoms with van der Waals surface area (Å²) in [7, 11) is 0. The number of carbonyl (C=O) groups excluding carboxylic acids is 1. The lowest BCUT2D eigenvalue weighted by molar-refractivity contribution is 0.0951. The Morgan fingerprint density at radius 3 is 2.70 bits per heavy atom. The van der Waals surface area contributed by atoms with Gasteiger partial charge in [0.15, 0.2) is 5.13 Å². The Labute approximate surface area is 161 Å². The SMILES string of the molecule is Cc1ccc(C(=O)NC2CC2)cc1Nc1nc(-c2ccc(C#N)cc2)cs1. The van der Waals surface area contributed by atoms with Gasteiger partial charge in [-0.25, -0.2) is 4.98 Å². The van der Waals surface area contributed by atoms with E-state index in [-0.39, 0.29) is 5.91 Å². The van der Waals surface area contributed by atoms with Gasteiger partial charge >= 0.3 is 0 Å². The van der Waals surface area contributed by atoms with Crippen LogP contribution in [0.1, 0.15) is 34.3 Å². The predicted molar refractivity (Wildman–Crippen MR) is 107 cm³/mol. The fourth-order valence-electron chi connectivity index (χ4n) is 2.69. The fraction of sp³-hybridized carbons (Fsp3) is 0.190. The maximum Gasteiger partial charge on any atom is 0.251 e. The number of aryl methyl sites for hydroxylation is 1. The number of hydrogen-bond donors (Lipinski definition) is 2. The van der Waals surface area contributed by atoms with Crippen LogP contribution in [0.5, 0.6) is 0 Å². The Kier molecular flexibility index (Phi) is 4.61. The van der Waals surface area contributed by atoms with Crippen LogP contribution in [0.25, 0.3) is 11.3 Å². The average Bonchev–Trinajstić information content (AvgIpc) is 3.38. The molecule has 3 aromatic rings. The molecule has 1 aromatic heterocycles. The molecule has 0 bridgehead atoms. The maximum atomic E-state index is 12.3. The largest absolute Gasteiger partial charge is 0.349 e. The normalized spacial score (nSPS) is 13.0. The summed E-state index contributed by atoms with van der Waals surface area (Å²) >= 11 is 1.50. The molecule has 4 rings (SSSR count). The molecular weight excluding hydrogens is 356 g/mol. The molecule has 2 N–H and O–H groups in total. The number of carbonyl (C=O) groups is 1. The highest BCUT2D eigenvalue weighted by molar-refractivity contribution is 7.14. The molecule has 1 fully saturated rings. The molecule has 1 saturated carbocycles. The third kappa shape index (κ3) is 3.99. The van der Waals surface area contributed by atoms with E-state index < -0.39 is 0 Å². The molecule has 0 spiro atoms. The summed E-state index contributed by atoms with van der Waals surface area (Å²) in [6.07, 6.45) is 2.14. The number of rotatable bonds is 5. The lowest BCUT2D eigenvalue weighted by Crippen LogP contribution is -2.25. The maximum absolute atomic E-state index is 12.3. The predicted octanol–water partition coefficient (Wildman–Crippen LogP) is 4.63. The molecule has 1 amide bonds. The minimum atomic E-state index is -0.0297. The fourth-order valence-corrected chi connectivity index (χ4v) is 3.42. The van der Waals surface area contributed by atoms with Gasteiger partial charge < -0.3 is 10.6 Å². The van der Waals surface area contributed by atoms with E-state index in [4.69, 9.17) is 5.26 Å². The summed E-state index contributed by atoms with van der Waals surface area (Å²) in [5.41, 5.74) is 5.02. The van der Waals surface area contributed by atoms with Crippen molar-refractivity contribution in [3.8, 4) is 17.3 Å². The Morgan fingerprint density at radius 1 is 1.22 bits per heavy atom. The van der Waals surface area contributed by atoms with Gasteiger partial charge in [0.05, 0.1) is 17.3 Å². The number of benzene rings is 2. The smallest absolute Gasteiger partial charge is 0.251 e. The second kappa shape index (κ2) is 7.22. The van der Waals surface area contributed by atoms with Crippen molar-refractivity contribution in [2.45, 2.75) is 25.8 Å². The second-order valence-electron chi connectivity index (χ2n) is 6.63.